The van der Waals surface area contributed by atoms with Crippen LogP contribution in [0.2, 0.25) is 4.34 Å². The highest BCUT2D eigenvalue weighted by atomic mass is 35.5. The Morgan fingerprint density at radius 1 is 1.11 bits per heavy atom. The molecule has 3 aromatic rings. The summed E-state index contributed by atoms with van der Waals surface area (Å²) in [5, 5.41) is 3.32. The van der Waals surface area contributed by atoms with Crippen LogP contribution in [0.3, 0.4) is 0 Å². The van der Waals surface area contributed by atoms with Crippen molar-refractivity contribution >= 4 is 61.7 Å². The molecular weight excluding hydrogens is 539 g/mol. The van der Waals surface area contributed by atoms with Crippen LogP contribution in [0.15, 0.2) is 52.7 Å². The van der Waals surface area contributed by atoms with Crippen molar-refractivity contribution in [3.05, 3.63) is 75.4 Å². The van der Waals surface area contributed by atoms with Crippen LogP contribution in [0, 0.1) is 11.7 Å². The van der Waals surface area contributed by atoms with Crippen molar-refractivity contribution in [1.29, 1.82) is 0 Å². The molecule has 1 fully saturated rings. The van der Waals surface area contributed by atoms with Gasteiger partial charge in [0.25, 0.3) is 5.91 Å². The highest BCUT2D eigenvalue weighted by molar-refractivity contribution is 7.94. The first-order chi connectivity index (χ1) is 17.6. The van der Waals surface area contributed by atoms with Crippen LogP contribution in [0.1, 0.15) is 34.3 Å². The fraction of sp³-hybridized carbons (Fsp3) is 0.269. The molecule has 0 spiro atoms. The Balaban J connectivity index is 1.29. The second kappa shape index (κ2) is 10.00. The number of ketones is 1. The zero-order valence-electron chi connectivity index (χ0n) is 19.5. The number of hydrogen-bond acceptors (Lipinski definition) is 7. The lowest BCUT2D eigenvalue weighted by Crippen LogP contribution is -2.43. The standard InChI is InChI=1S/C26H22ClFN2O5S2/c27-23-7-8-25(36-23)37(34,35)14-19(31)9-16-3-6-22(21(28)10-16)30-24(32)12-17-11-18(29-13-15-1-2-15)4-5-20(17)26(30)33/h3-8,10-11,15,29H,1-2,9,12-14H2. The van der Waals surface area contributed by atoms with E-state index in [4.69, 9.17) is 11.6 Å². The van der Waals surface area contributed by atoms with E-state index in [1.807, 2.05) is 0 Å². The van der Waals surface area contributed by atoms with E-state index in [-0.39, 0.29) is 28.3 Å². The summed E-state index contributed by atoms with van der Waals surface area (Å²) >= 11 is 6.64. The van der Waals surface area contributed by atoms with Gasteiger partial charge in [-0.15, -0.1) is 11.3 Å². The molecule has 2 aliphatic rings. The third-order valence-electron chi connectivity index (χ3n) is 6.28. The minimum Gasteiger partial charge on any atom is -0.385 e. The predicted molar refractivity (Wildman–Crippen MR) is 140 cm³/mol. The average molecular weight is 561 g/mol. The minimum atomic E-state index is -3.86. The number of benzene rings is 2. The zero-order chi connectivity index (χ0) is 26.3. The van der Waals surface area contributed by atoms with Gasteiger partial charge in [0.05, 0.1) is 16.4 Å². The third kappa shape index (κ3) is 5.61. The van der Waals surface area contributed by atoms with Gasteiger partial charge in [-0.3, -0.25) is 14.4 Å². The molecule has 0 atom stereocenters. The molecule has 1 aliphatic carbocycles. The van der Waals surface area contributed by atoms with Crippen molar-refractivity contribution in [3.63, 3.8) is 0 Å². The number of imide groups is 1. The summed E-state index contributed by atoms with van der Waals surface area (Å²) in [7, 11) is -3.86. The average Bonchev–Trinajstić information content (AvgIpc) is 3.55. The summed E-state index contributed by atoms with van der Waals surface area (Å²) in [5.41, 5.74) is 1.77. The normalized spacial score (nSPS) is 15.6. The van der Waals surface area contributed by atoms with Gasteiger partial charge in [-0.05, 0) is 72.4 Å². The van der Waals surface area contributed by atoms with Crippen LogP contribution in [0.5, 0.6) is 0 Å². The fourth-order valence-electron chi connectivity index (χ4n) is 4.23. The summed E-state index contributed by atoms with van der Waals surface area (Å²) in [6.45, 7) is 0.848. The summed E-state index contributed by atoms with van der Waals surface area (Å²) in [5.74, 6) is -2.73. The van der Waals surface area contributed by atoms with E-state index in [0.29, 0.717) is 21.4 Å². The first kappa shape index (κ1) is 25.6. The Hall–Kier alpha value is -3.08. The third-order valence-corrected chi connectivity index (χ3v) is 9.77. The molecule has 0 bridgehead atoms. The van der Waals surface area contributed by atoms with E-state index in [1.165, 1.54) is 37.1 Å². The van der Waals surface area contributed by atoms with Gasteiger partial charge in [-0.1, -0.05) is 17.7 Å². The quantitative estimate of drug-likeness (QED) is 0.382. The number of hydrogen-bond donors (Lipinski definition) is 1. The SMILES string of the molecule is O=C(Cc1ccc(N2C(=O)Cc3cc(NCC4CC4)ccc3C2=O)c(F)c1)CS(=O)(=O)c1ccc(Cl)s1. The molecule has 0 saturated heterocycles. The van der Waals surface area contributed by atoms with Crippen LogP contribution in [0.25, 0.3) is 0 Å². The van der Waals surface area contributed by atoms with Gasteiger partial charge in [0.15, 0.2) is 15.6 Å². The van der Waals surface area contributed by atoms with Crippen LogP contribution in [0.4, 0.5) is 15.8 Å². The van der Waals surface area contributed by atoms with E-state index < -0.39 is 39.0 Å². The molecule has 1 saturated carbocycles. The van der Waals surface area contributed by atoms with Gasteiger partial charge in [0.2, 0.25) is 5.91 Å². The molecule has 192 valence electrons. The molecule has 1 N–H and O–H groups in total. The van der Waals surface area contributed by atoms with E-state index in [2.05, 4.69) is 5.32 Å². The molecule has 1 aliphatic heterocycles. The van der Waals surface area contributed by atoms with E-state index >= 15 is 4.39 Å². The van der Waals surface area contributed by atoms with Crippen LogP contribution in [-0.2, 0) is 32.3 Å². The smallest absolute Gasteiger partial charge is 0.265 e. The number of anilines is 2. The van der Waals surface area contributed by atoms with Crippen LogP contribution in [-0.4, -0.2) is 38.3 Å². The second-order valence-electron chi connectivity index (χ2n) is 9.23. The molecule has 2 heterocycles. The Kier molecular flexibility index (Phi) is 6.91. The molecular formula is C26H22ClFN2O5S2. The van der Waals surface area contributed by atoms with Crippen LogP contribution < -0.4 is 10.2 Å². The van der Waals surface area contributed by atoms with Gasteiger partial charge in [-0.25, -0.2) is 17.7 Å². The number of halogens is 2. The van der Waals surface area contributed by atoms with Crippen molar-refractivity contribution in [1.82, 2.24) is 0 Å². The molecule has 5 rings (SSSR count). The van der Waals surface area contributed by atoms with Crippen LogP contribution >= 0.6 is 22.9 Å². The Morgan fingerprint density at radius 3 is 2.57 bits per heavy atom. The zero-order valence-corrected chi connectivity index (χ0v) is 21.9. The number of amides is 2. The maximum Gasteiger partial charge on any atom is 0.265 e. The van der Waals surface area contributed by atoms with E-state index in [0.717, 1.165) is 34.5 Å². The molecule has 2 aromatic carbocycles. The van der Waals surface area contributed by atoms with Crippen molar-refractivity contribution < 1.29 is 27.2 Å². The highest BCUT2D eigenvalue weighted by Gasteiger charge is 2.34. The maximum atomic E-state index is 15.1. The summed E-state index contributed by atoms with van der Waals surface area (Å²) in [4.78, 5) is 39.2. The van der Waals surface area contributed by atoms with Crippen molar-refractivity contribution in [2.24, 2.45) is 5.92 Å². The van der Waals surface area contributed by atoms with Gasteiger partial charge >= 0.3 is 0 Å². The summed E-state index contributed by atoms with van der Waals surface area (Å²) in [6, 6.07) is 11.7. The monoisotopic (exact) mass is 560 g/mol. The van der Waals surface area contributed by atoms with Crippen molar-refractivity contribution in [3.8, 4) is 0 Å². The lowest BCUT2D eigenvalue weighted by atomic mass is 9.96. The summed E-state index contributed by atoms with van der Waals surface area (Å²) in [6.07, 6.45) is 2.03. The number of rotatable bonds is 9. The van der Waals surface area contributed by atoms with Gasteiger partial charge < -0.3 is 5.32 Å². The highest BCUT2D eigenvalue weighted by Crippen LogP contribution is 2.32. The number of carbonyl (C=O) groups is 3. The van der Waals surface area contributed by atoms with Crippen molar-refractivity contribution in [2.75, 3.05) is 22.5 Å². The molecule has 1 aromatic heterocycles. The Morgan fingerprint density at radius 2 is 1.89 bits per heavy atom. The minimum absolute atomic E-state index is 0.0133. The van der Waals surface area contributed by atoms with Gasteiger partial charge in [0, 0.05) is 24.2 Å². The number of sulfone groups is 1. The molecule has 37 heavy (non-hydrogen) atoms. The first-order valence-corrected chi connectivity index (χ1v) is 14.5. The van der Waals surface area contributed by atoms with E-state index in [9.17, 15) is 22.8 Å². The molecule has 2 amide bonds. The number of Topliss-reactive ketones (excluding diaryl/α,β-unsaturated/α-hetero) is 1. The Bertz CT molecular complexity index is 1530. The molecule has 0 radical (unpaired) electrons. The number of carbonyl (C=O) groups excluding carboxylic acids is 3. The summed E-state index contributed by atoms with van der Waals surface area (Å²) < 4.78 is 40.2. The molecule has 11 heteroatoms. The van der Waals surface area contributed by atoms with E-state index in [1.54, 1.807) is 18.2 Å². The number of nitrogens with zero attached hydrogens (tertiary/aromatic N) is 1. The number of fused-ring (bicyclic) bond motifs is 1. The Labute approximate surface area is 222 Å². The maximum absolute atomic E-state index is 15.1. The fourth-order valence-corrected chi connectivity index (χ4v) is 7.04. The molecule has 0 unspecified atom stereocenters. The van der Waals surface area contributed by atoms with Gasteiger partial charge in [-0.2, -0.15) is 0 Å². The van der Waals surface area contributed by atoms with Gasteiger partial charge in [0.1, 0.15) is 15.8 Å². The predicted octanol–water partition coefficient (Wildman–Crippen LogP) is 4.68. The lowest BCUT2D eigenvalue weighted by molar-refractivity contribution is -0.118. The molecule has 7 nitrogen and oxygen atoms in total. The lowest BCUT2D eigenvalue weighted by Gasteiger charge is -2.27. The topological polar surface area (TPSA) is 101 Å². The number of thiophene rings is 1. The number of nitrogens with one attached hydrogen (secondary N) is 1. The largest absolute Gasteiger partial charge is 0.385 e. The second-order valence-corrected chi connectivity index (χ2v) is 13.2. The first-order valence-electron chi connectivity index (χ1n) is 11.6. The van der Waals surface area contributed by atoms with Crippen molar-refractivity contribution in [2.45, 2.75) is 29.9 Å².